The molecule has 0 unspecified atom stereocenters. The van der Waals surface area contributed by atoms with Gasteiger partial charge < -0.3 is 5.73 Å². The number of hydrogen-bond donors (Lipinski definition) is 1. The van der Waals surface area contributed by atoms with Crippen molar-refractivity contribution in [2.24, 2.45) is 5.11 Å². The lowest BCUT2D eigenvalue weighted by Crippen LogP contribution is -1.94. The third-order valence-electron chi connectivity index (χ3n) is 1.62. The maximum atomic E-state index is 8.05. The van der Waals surface area contributed by atoms with Crippen LogP contribution in [0.1, 0.15) is 11.4 Å². The second-order valence-electron chi connectivity index (χ2n) is 2.74. The number of hydrogen-bond acceptors (Lipinski definition) is 3. The van der Waals surface area contributed by atoms with Crippen molar-refractivity contribution in [2.45, 2.75) is 6.92 Å². The average molecular weight is 189 g/mol. The molecule has 1 heterocycles. The van der Waals surface area contributed by atoms with E-state index >= 15 is 0 Å². The van der Waals surface area contributed by atoms with Gasteiger partial charge in [0.25, 0.3) is 0 Å². The Balaban J connectivity index is 2.79. The van der Waals surface area contributed by atoms with Crippen LogP contribution in [0.3, 0.4) is 0 Å². The molecule has 5 heteroatoms. The Kier molecular flexibility index (Phi) is 3.52. The van der Waals surface area contributed by atoms with Crippen molar-refractivity contribution in [2.75, 3.05) is 12.3 Å². The number of pyridine rings is 1. The minimum absolute atomic E-state index is 0.311. The van der Waals surface area contributed by atoms with Crippen molar-refractivity contribution in [3.8, 4) is 0 Å². The fourth-order valence-electron chi connectivity index (χ4n) is 0.969. The second kappa shape index (κ2) is 4.89. The summed E-state index contributed by atoms with van der Waals surface area (Å²) in [4.78, 5) is 6.85. The van der Waals surface area contributed by atoms with E-state index in [1.807, 2.05) is 13.0 Å². The number of anilines is 1. The normalized spacial score (nSPS) is 10.1. The Labute approximate surface area is 81.9 Å². The first-order valence-corrected chi connectivity index (χ1v) is 4.14. The third kappa shape index (κ3) is 2.80. The monoisotopic (exact) mass is 189 g/mol. The van der Waals surface area contributed by atoms with E-state index in [1.54, 1.807) is 18.2 Å². The van der Waals surface area contributed by atoms with Crippen LogP contribution in [0.15, 0.2) is 23.3 Å². The van der Waals surface area contributed by atoms with E-state index < -0.39 is 0 Å². The van der Waals surface area contributed by atoms with Gasteiger partial charge in [0.2, 0.25) is 0 Å². The quantitative estimate of drug-likeness (QED) is 0.449. The van der Waals surface area contributed by atoms with Crippen molar-refractivity contribution in [1.82, 2.24) is 4.98 Å². The summed E-state index contributed by atoms with van der Waals surface area (Å²) < 4.78 is 0. The lowest BCUT2D eigenvalue weighted by atomic mass is 10.2. The Bertz CT molecular complexity index is 390. The molecule has 0 atom stereocenters. The molecule has 0 aliphatic rings. The van der Waals surface area contributed by atoms with Gasteiger partial charge in [0.15, 0.2) is 0 Å². The lowest BCUT2D eigenvalue weighted by molar-refractivity contribution is 1.17. The van der Waals surface area contributed by atoms with E-state index in [0.717, 1.165) is 5.69 Å². The molecule has 0 amide bonds. The van der Waals surface area contributed by atoms with Crippen LogP contribution in [0.25, 0.3) is 16.5 Å². The molecule has 0 radical (unpaired) electrons. The highest BCUT2D eigenvalue weighted by Gasteiger charge is 1.95. The molecule has 14 heavy (non-hydrogen) atoms. The summed E-state index contributed by atoms with van der Waals surface area (Å²) in [5.74, 6) is 0. The predicted molar refractivity (Wildman–Crippen MR) is 56.4 cm³/mol. The Morgan fingerprint density at radius 2 is 2.43 bits per heavy atom. The van der Waals surface area contributed by atoms with Gasteiger partial charge >= 0.3 is 0 Å². The Morgan fingerprint density at radius 1 is 1.64 bits per heavy atom. The smallest absolute Gasteiger partial charge is 0.0858 e. The number of nitrogen functional groups attached to an aromatic ring is 1. The molecule has 0 aliphatic carbocycles. The van der Waals surface area contributed by atoms with Gasteiger partial charge in [0, 0.05) is 17.2 Å². The van der Waals surface area contributed by atoms with E-state index in [9.17, 15) is 0 Å². The summed E-state index contributed by atoms with van der Waals surface area (Å²) in [5, 5.41) is 3.36. The van der Waals surface area contributed by atoms with Gasteiger partial charge in [-0.25, -0.2) is 0 Å². The first kappa shape index (κ1) is 10.1. The number of nitrogens with zero attached hydrogens (tertiary/aromatic N) is 4. The van der Waals surface area contributed by atoms with Gasteiger partial charge in [-0.1, -0.05) is 11.2 Å². The highest BCUT2D eigenvalue weighted by atomic mass is 15.1. The molecule has 5 nitrogen and oxygen atoms in total. The van der Waals surface area contributed by atoms with Gasteiger partial charge in [0.1, 0.15) is 0 Å². The zero-order valence-electron chi connectivity index (χ0n) is 7.88. The third-order valence-corrected chi connectivity index (χ3v) is 1.62. The number of aromatic nitrogens is 1. The molecule has 0 aliphatic heterocycles. The highest BCUT2D eigenvalue weighted by molar-refractivity contribution is 5.60. The fraction of sp³-hybridized carbons (Fsp3) is 0.222. The lowest BCUT2D eigenvalue weighted by Gasteiger charge is -1.99. The van der Waals surface area contributed by atoms with E-state index in [1.165, 1.54) is 0 Å². The summed E-state index contributed by atoms with van der Waals surface area (Å²) in [6.07, 6.45) is 3.47. The van der Waals surface area contributed by atoms with Gasteiger partial charge in [-0.3, -0.25) is 4.98 Å². The zero-order chi connectivity index (χ0) is 10.4. The van der Waals surface area contributed by atoms with Crippen LogP contribution in [-0.2, 0) is 0 Å². The molecular formula is C9H11N5. The minimum atomic E-state index is 0.311. The van der Waals surface area contributed by atoms with Crippen LogP contribution in [0.5, 0.6) is 0 Å². The molecule has 0 bridgehead atoms. The van der Waals surface area contributed by atoms with Crippen molar-refractivity contribution < 1.29 is 0 Å². The average Bonchev–Trinajstić information content (AvgIpc) is 2.18. The summed E-state index contributed by atoms with van der Waals surface area (Å²) in [6, 6.07) is 3.65. The van der Waals surface area contributed by atoms with Crippen molar-refractivity contribution in [3.63, 3.8) is 0 Å². The van der Waals surface area contributed by atoms with Crippen molar-refractivity contribution >= 4 is 11.8 Å². The summed E-state index contributed by atoms with van der Waals surface area (Å²) >= 11 is 0. The van der Waals surface area contributed by atoms with Crippen molar-refractivity contribution in [3.05, 3.63) is 40.0 Å². The molecule has 72 valence electrons. The molecule has 1 aromatic rings. The fourth-order valence-corrected chi connectivity index (χ4v) is 0.969. The Hall–Kier alpha value is -2.00. The topological polar surface area (TPSA) is 87.7 Å². The number of aryl methyl sites for hydroxylation is 1. The zero-order valence-corrected chi connectivity index (χ0v) is 7.88. The highest BCUT2D eigenvalue weighted by Crippen LogP contribution is 2.10. The van der Waals surface area contributed by atoms with E-state index in [4.69, 9.17) is 11.3 Å². The largest absolute Gasteiger partial charge is 0.397 e. The molecule has 0 aromatic carbocycles. The number of nitrogens with two attached hydrogens (primary N) is 1. The van der Waals surface area contributed by atoms with E-state index in [-0.39, 0.29) is 0 Å². The van der Waals surface area contributed by atoms with Crippen LogP contribution in [-0.4, -0.2) is 11.5 Å². The maximum Gasteiger partial charge on any atom is 0.0858 e. The summed E-state index contributed by atoms with van der Waals surface area (Å²) in [5.41, 5.74) is 16.0. The first-order chi connectivity index (χ1) is 6.74. The standard InChI is InChI=1S/C9H11N5/c1-7-4-5-8(10)9(13-7)3-2-6-12-14-11/h2-5H,6,10H2,1H3. The molecule has 0 saturated carbocycles. The van der Waals surface area contributed by atoms with Gasteiger partial charge in [-0.05, 0) is 30.7 Å². The maximum absolute atomic E-state index is 8.05. The van der Waals surface area contributed by atoms with E-state index in [0.29, 0.717) is 17.9 Å². The van der Waals surface area contributed by atoms with Crippen LogP contribution < -0.4 is 5.73 Å². The van der Waals surface area contributed by atoms with Gasteiger partial charge in [-0.2, -0.15) is 0 Å². The van der Waals surface area contributed by atoms with Gasteiger partial charge in [0.05, 0.1) is 11.4 Å². The number of rotatable bonds is 3. The van der Waals surface area contributed by atoms with Gasteiger partial charge in [-0.15, -0.1) is 0 Å². The van der Waals surface area contributed by atoms with Crippen LogP contribution in [0.2, 0.25) is 0 Å². The minimum Gasteiger partial charge on any atom is -0.397 e. The number of azide groups is 1. The molecule has 0 fully saturated rings. The van der Waals surface area contributed by atoms with Crippen LogP contribution >= 0.6 is 0 Å². The molecule has 2 N–H and O–H groups in total. The molecular weight excluding hydrogens is 178 g/mol. The predicted octanol–water partition coefficient (Wildman–Crippen LogP) is 2.30. The second-order valence-corrected chi connectivity index (χ2v) is 2.74. The Morgan fingerprint density at radius 3 is 3.14 bits per heavy atom. The SMILES string of the molecule is Cc1ccc(N)c(C=CCN=[N+]=[N-])n1. The van der Waals surface area contributed by atoms with Crippen LogP contribution in [0, 0.1) is 6.92 Å². The summed E-state index contributed by atoms with van der Waals surface area (Å²) in [6.45, 7) is 2.20. The molecule has 0 saturated heterocycles. The van der Waals surface area contributed by atoms with Crippen LogP contribution in [0.4, 0.5) is 5.69 Å². The summed E-state index contributed by atoms with van der Waals surface area (Å²) in [7, 11) is 0. The van der Waals surface area contributed by atoms with Crippen molar-refractivity contribution in [1.29, 1.82) is 0 Å². The van der Waals surface area contributed by atoms with E-state index in [2.05, 4.69) is 15.0 Å². The molecule has 0 spiro atoms. The molecule has 1 aromatic heterocycles. The first-order valence-electron chi connectivity index (χ1n) is 4.14. The molecule has 1 rings (SSSR count).